The molecule has 1 atom stereocenters. The molecule has 0 unspecified atom stereocenters. The average molecular weight is 389 g/mol. The summed E-state index contributed by atoms with van der Waals surface area (Å²) in [5.74, 6) is -0.104. The van der Waals surface area contributed by atoms with Gasteiger partial charge >= 0.3 is 0 Å². The Kier molecular flexibility index (Phi) is 5.90. The molecule has 8 heteroatoms. The largest absolute Gasteiger partial charge is 0.386 e. The summed E-state index contributed by atoms with van der Waals surface area (Å²) in [4.78, 5) is 15.7. The molecule has 0 bridgehead atoms. The van der Waals surface area contributed by atoms with Crippen LogP contribution in [0.5, 0.6) is 0 Å². The molecular weight excluding hydrogens is 356 g/mol. The van der Waals surface area contributed by atoms with Crippen LogP contribution in [-0.4, -0.2) is 61.0 Å². The molecule has 3 rings (SSSR count). The maximum Gasteiger partial charge on any atom is 0.225 e. The standard InChI is InChI=1S/C20H32N6O2/c1-13(2)26-15(4)17(14(3)21-26)12-24-7-8-25-16(11-24)9-18(22-25)19(27)10-20(28)23(5)6/h9,13,19,27H,7-8,10-12H2,1-6H3/t19-/m0/s1. The SMILES string of the molecule is Cc1nn(C(C)C)c(C)c1CN1CCn2nc([C@@H](O)CC(=O)N(C)C)cc2C1. The summed E-state index contributed by atoms with van der Waals surface area (Å²) >= 11 is 0. The van der Waals surface area contributed by atoms with Gasteiger partial charge in [-0.3, -0.25) is 19.1 Å². The van der Waals surface area contributed by atoms with Crippen LogP contribution in [0.3, 0.4) is 0 Å². The predicted octanol–water partition coefficient (Wildman–Crippen LogP) is 1.80. The molecule has 0 spiro atoms. The number of nitrogens with zero attached hydrogens (tertiary/aromatic N) is 6. The Hall–Kier alpha value is -2.19. The number of fused-ring (bicyclic) bond motifs is 1. The smallest absolute Gasteiger partial charge is 0.225 e. The van der Waals surface area contributed by atoms with Crippen LogP contribution in [0.25, 0.3) is 0 Å². The van der Waals surface area contributed by atoms with E-state index in [-0.39, 0.29) is 12.3 Å². The lowest BCUT2D eigenvalue weighted by atomic mass is 10.1. The van der Waals surface area contributed by atoms with Gasteiger partial charge in [-0.25, -0.2) is 0 Å². The quantitative estimate of drug-likeness (QED) is 0.816. The number of hydrogen-bond donors (Lipinski definition) is 1. The van der Waals surface area contributed by atoms with Crippen LogP contribution in [0.2, 0.25) is 0 Å². The lowest BCUT2D eigenvalue weighted by molar-refractivity contribution is -0.130. The van der Waals surface area contributed by atoms with Crippen molar-refractivity contribution in [2.75, 3.05) is 20.6 Å². The third-order valence-electron chi connectivity index (χ3n) is 5.45. The maximum absolute atomic E-state index is 11.9. The number of aliphatic hydroxyl groups excluding tert-OH is 1. The Morgan fingerprint density at radius 2 is 1.96 bits per heavy atom. The van der Waals surface area contributed by atoms with Gasteiger partial charge in [0, 0.05) is 51.0 Å². The van der Waals surface area contributed by atoms with Gasteiger partial charge in [-0.15, -0.1) is 0 Å². The second kappa shape index (κ2) is 8.05. The van der Waals surface area contributed by atoms with Crippen molar-refractivity contribution in [3.05, 3.63) is 34.4 Å². The molecule has 0 radical (unpaired) electrons. The van der Waals surface area contributed by atoms with E-state index in [4.69, 9.17) is 5.10 Å². The third-order valence-corrected chi connectivity index (χ3v) is 5.45. The molecule has 0 aromatic carbocycles. The molecule has 1 N–H and O–H groups in total. The Bertz CT molecular complexity index is 851. The van der Waals surface area contributed by atoms with Crippen molar-refractivity contribution in [3.8, 4) is 0 Å². The minimum Gasteiger partial charge on any atom is -0.386 e. The van der Waals surface area contributed by atoms with Gasteiger partial charge in [-0.05, 0) is 33.8 Å². The minimum atomic E-state index is -0.866. The zero-order chi connectivity index (χ0) is 20.6. The Balaban J connectivity index is 1.70. The first-order chi connectivity index (χ1) is 13.2. The first-order valence-corrected chi connectivity index (χ1v) is 9.89. The summed E-state index contributed by atoms with van der Waals surface area (Å²) in [5, 5.41) is 19.6. The average Bonchev–Trinajstić information content (AvgIpc) is 3.17. The molecule has 0 fully saturated rings. The Labute approximate surface area is 166 Å². The van der Waals surface area contributed by atoms with Crippen molar-refractivity contribution in [2.45, 2.75) is 65.9 Å². The molecule has 3 heterocycles. The van der Waals surface area contributed by atoms with Gasteiger partial charge < -0.3 is 10.0 Å². The van der Waals surface area contributed by atoms with E-state index in [9.17, 15) is 9.90 Å². The van der Waals surface area contributed by atoms with Gasteiger partial charge in [-0.2, -0.15) is 10.2 Å². The fourth-order valence-corrected chi connectivity index (χ4v) is 3.75. The number of aromatic nitrogens is 4. The molecule has 1 amide bonds. The van der Waals surface area contributed by atoms with Crippen LogP contribution in [0, 0.1) is 13.8 Å². The van der Waals surface area contributed by atoms with E-state index >= 15 is 0 Å². The second-order valence-corrected chi connectivity index (χ2v) is 8.19. The summed E-state index contributed by atoms with van der Waals surface area (Å²) in [6.07, 6.45) is -0.810. The molecule has 2 aromatic rings. The van der Waals surface area contributed by atoms with Crippen molar-refractivity contribution in [2.24, 2.45) is 0 Å². The van der Waals surface area contributed by atoms with Crippen LogP contribution < -0.4 is 0 Å². The Morgan fingerprint density at radius 1 is 1.25 bits per heavy atom. The molecule has 8 nitrogen and oxygen atoms in total. The number of carbonyl (C=O) groups is 1. The summed E-state index contributed by atoms with van der Waals surface area (Å²) in [6, 6.07) is 2.28. The van der Waals surface area contributed by atoms with E-state index in [0.717, 1.165) is 37.6 Å². The number of rotatable bonds is 6. The summed E-state index contributed by atoms with van der Waals surface area (Å²) in [7, 11) is 3.38. The molecule has 0 saturated heterocycles. The Morgan fingerprint density at radius 3 is 2.57 bits per heavy atom. The summed E-state index contributed by atoms with van der Waals surface area (Å²) in [5.41, 5.74) is 5.25. The number of carbonyl (C=O) groups excluding carboxylic acids is 1. The number of amides is 1. The van der Waals surface area contributed by atoms with E-state index in [2.05, 4.69) is 42.4 Å². The lowest BCUT2D eigenvalue weighted by Gasteiger charge is -2.27. The zero-order valence-corrected chi connectivity index (χ0v) is 17.8. The van der Waals surface area contributed by atoms with Crippen molar-refractivity contribution >= 4 is 5.91 Å². The van der Waals surface area contributed by atoms with Gasteiger partial charge in [0.2, 0.25) is 5.91 Å². The van der Waals surface area contributed by atoms with Gasteiger partial charge in [0.05, 0.1) is 30.0 Å². The van der Waals surface area contributed by atoms with Gasteiger partial charge in [0.1, 0.15) is 6.10 Å². The minimum absolute atomic E-state index is 0.0555. The first-order valence-electron chi connectivity index (χ1n) is 9.89. The van der Waals surface area contributed by atoms with Crippen LogP contribution in [-0.2, 0) is 24.4 Å². The third kappa shape index (κ3) is 4.12. The monoisotopic (exact) mass is 388 g/mol. The molecule has 154 valence electrons. The molecular formula is C20H32N6O2. The maximum atomic E-state index is 11.9. The predicted molar refractivity (Wildman–Crippen MR) is 107 cm³/mol. The highest BCUT2D eigenvalue weighted by atomic mass is 16.3. The fraction of sp³-hybridized carbons (Fsp3) is 0.650. The van der Waals surface area contributed by atoms with E-state index in [1.165, 1.54) is 16.2 Å². The second-order valence-electron chi connectivity index (χ2n) is 8.19. The highest BCUT2D eigenvalue weighted by Crippen LogP contribution is 2.24. The summed E-state index contributed by atoms with van der Waals surface area (Å²) in [6.45, 7) is 11.8. The summed E-state index contributed by atoms with van der Waals surface area (Å²) < 4.78 is 4.04. The fourth-order valence-electron chi connectivity index (χ4n) is 3.75. The van der Waals surface area contributed by atoms with E-state index in [1.54, 1.807) is 14.1 Å². The van der Waals surface area contributed by atoms with E-state index in [1.807, 2.05) is 10.7 Å². The van der Waals surface area contributed by atoms with E-state index in [0.29, 0.717) is 11.7 Å². The van der Waals surface area contributed by atoms with Gasteiger partial charge in [0.15, 0.2) is 0 Å². The highest BCUT2D eigenvalue weighted by Gasteiger charge is 2.24. The van der Waals surface area contributed by atoms with Crippen LogP contribution >= 0.6 is 0 Å². The number of hydrogen-bond acceptors (Lipinski definition) is 5. The highest BCUT2D eigenvalue weighted by molar-refractivity contribution is 5.76. The first kappa shape index (κ1) is 20.5. The zero-order valence-electron chi connectivity index (χ0n) is 17.8. The normalized spacial score (nSPS) is 15.7. The number of aliphatic hydroxyl groups is 1. The molecule has 0 aliphatic carbocycles. The molecule has 28 heavy (non-hydrogen) atoms. The topological polar surface area (TPSA) is 79.4 Å². The lowest BCUT2D eigenvalue weighted by Crippen LogP contribution is -2.33. The number of aryl methyl sites for hydroxylation is 1. The van der Waals surface area contributed by atoms with Crippen molar-refractivity contribution in [3.63, 3.8) is 0 Å². The van der Waals surface area contributed by atoms with Crippen molar-refractivity contribution < 1.29 is 9.90 Å². The molecule has 2 aromatic heterocycles. The molecule has 0 saturated carbocycles. The van der Waals surface area contributed by atoms with Gasteiger partial charge in [0.25, 0.3) is 0 Å². The van der Waals surface area contributed by atoms with Crippen LogP contribution in [0.1, 0.15) is 60.8 Å². The van der Waals surface area contributed by atoms with Crippen LogP contribution in [0.4, 0.5) is 0 Å². The van der Waals surface area contributed by atoms with Crippen LogP contribution in [0.15, 0.2) is 6.07 Å². The van der Waals surface area contributed by atoms with Crippen molar-refractivity contribution in [1.82, 2.24) is 29.4 Å². The molecule has 1 aliphatic heterocycles. The molecule has 1 aliphatic rings. The van der Waals surface area contributed by atoms with Crippen molar-refractivity contribution in [1.29, 1.82) is 0 Å². The van der Waals surface area contributed by atoms with E-state index < -0.39 is 6.10 Å². The van der Waals surface area contributed by atoms with Gasteiger partial charge in [-0.1, -0.05) is 0 Å².